The van der Waals surface area contributed by atoms with Crippen molar-refractivity contribution in [3.63, 3.8) is 0 Å². The molecule has 4 aromatic rings. The van der Waals surface area contributed by atoms with Crippen molar-refractivity contribution in [2.75, 3.05) is 0 Å². The standard InChI is InChI=1S/C24H4BF16.Na/c26-5-1-6(27)18(35)13(17(5)34)25(14-19(36)7(28)2-8(29)20(14)37,15-21(38)9(30)3-10(31)22(15)39)16-23(40)11(32)4-12(33)24(16)41;/h1-4H;/q-1;+1. The molecule has 0 N–H and O–H groups in total. The molecule has 18 heteroatoms. The van der Waals surface area contributed by atoms with E-state index in [9.17, 15) is 35.1 Å². The summed E-state index contributed by atoms with van der Waals surface area (Å²) in [4.78, 5) is 0. The molecule has 0 saturated carbocycles. The van der Waals surface area contributed by atoms with E-state index < -0.39 is 145 Å². The molecule has 0 aromatic heterocycles. The van der Waals surface area contributed by atoms with Crippen molar-refractivity contribution in [1.82, 2.24) is 0 Å². The molecule has 0 aliphatic heterocycles. The Labute approximate surface area is 244 Å². The molecule has 0 radical (unpaired) electrons. The summed E-state index contributed by atoms with van der Waals surface area (Å²) < 4.78 is 238. The van der Waals surface area contributed by atoms with Crippen molar-refractivity contribution in [1.29, 1.82) is 0 Å². The SMILES string of the molecule is Fc1cc(F)c(F)c([B-](c2c(F)c(F)cc(F)c2F)(c2c(F)c(F)cc(F)c2F)c2c(F)c(F)cc(F)c2F)c1F.[Na+]. The molecule has 0 atom stereocenters. The monoisotopic (exact) mass is 630 g/mol. The smallest absolute Gasteiger partial charge is 0.207 e. The molecular formula is C24H4BF16Na. The average molecular weight is 630 g/mol. The maximum absolute atomic E-state index is 15.3. The molecule has 0 saturated heterocycles. The van der Waals surface area contributed by atoms with Gasteiger partial charge in [-0.1, -0.05) is 0 Å². The summed E-state index contributed by atoms with van der Waals surface area (Å²) in [5.41, 5.74) is -12.0. The minimum absolute atomic E-state index is 0. The van der Waals surface area contributed by atoms with Crippen molar-refractivity contribution >= 4 is 28.0 Å². The predicted molar refractivity (Wildman–Crippen MR) is 109 cm³/mol. The van der Waals surface area contributed by atoms with Crippen LogP contribution < -0.4 is 51.4 Å². The summed E-state index contributed by atoms with van der Waals surface area (Å²) >= 11 is 0. The Balaban J connectivity index is 0.00000484. The second-order valence-corrected chi connectivity index (χ2v) is 8.39. The summed E-state index contributed by atoms with van der Waals surface area (Å²) in [5.74, 6) is -46.2. The molecule has 0 amide bonds. The van der Waals surface area contributed by atoms with Crippen LogP contribution in [0.25, 0.3) is 0 Å². The number of halogens is 16. The van der Waals surface area contributed by atoms with Gasteiger partial charge in [0.2, 0.25) is 0 Å². The van der Waals surface area contributed by atoms with Gasteiger partial charge in [0.1, 0.15) is 52.7 Å². The van der Waals surface area contributed by atoms with Gasteiger partial charge in [0.15, 0.2) is 46.5 Å². The zero-order valence-electron chi connectivity index (χ0n) is 19.9. The van der Waals surface area contributed by atoms with E-state index in [2.05, 4.69) is 0 Å². The molecule has 42 heavy (non-hydrogen) atoms. The molecule has 0 heterocycles. The van der Waals surface area contributed by atoms with Crippen molar-refractivity contribution in [2.24, 2.45) is 0 Å². The van der Waals surface area contributed by atoms with Gasteiger partial charge in [-0.15, -0.1) is 21.9 Å². The molecular weight excluding hydrogens is 626 g/mol. The minimum atomic E-state index is -6.49. The third-order valence-corrected chi connectivity index (χ3v) is 6.32. The van der Waals surface area contributed by atoms with E-state index in [1.165, 1.54) is 0 Å². The van der Waals surface area contributed by atoms with Crippen molar-refractivity contribution in [3.8, 4) is 0 Å². The quantitative estimate of drug-likeness (QED) is 0.185. The molecule has 0 aliphatic carbocycles. The third kappa shape index (κ3) is 4.65. The number of hydrogen-bond donors (Lipinski definition) is 0. The fourth-order valence-electron chi connectivity index (χ4n) is 4.75. The van der Waals surface area contributed by atoms with E-state index in [1.807, 2.05) is 0 Å². The minimum Gasteiger partial charge on any atom is -0.207 e. The summed E-state index contributed by atoms with van der Waals surface area (Å²) in [6, 6.07) is -2.76. The van der Waals surface area contributed by atoms with Crippen LogP contribution >= 0.6 is 0 Å². The largest absolute Gasteiger partial charge is 1.00 e. The number of hydrogen-bond acceptors (Lipinski definition) is 0. The van der Waals surface area contributed by atoms with Crippen LogP contribution in [0.4, 0.5) is 70.2 Å². The van der Waals surface area contributed by atoms with Gasteiger partial charge in [-0.05, 0) is 0 Å². The van der Waals surface area contributed by atoms with Crippen LogP contribution in [0.15, 0.2) is 24.3 Å². The van der Waals surface area contributed by atoms with Gasteiger partial charge in [0.05, 0.1) is 0 Å². The van der Waals surface area contributed by atoms with Crippen LogP contribution in [0.5, 0.6) is 0 Å². The van der Waals surface area contributed by atoms with Crippen LogP contribution in [-0.2, 0) is 0 Å². The summed E-state index contributed by atoms with van der Waals surface area (Å²) in [7, 11) is 0. The first-order chi connectivity index (χ1) is 19.0. The first kappa shape index (κ1) is 33.3. The average Bonchev–Trinajstić information content (AvgIpc) is 2.89. The van der Waals surface area contributed by atoms with Crippen LogP contribution in [0.2, 0.25) is 0 Å². The van der Waals surface area contributed by atoms with E-state index in [0.29, 0.717) is 0 Å². The van der Waals surface area contributed by atoms with Crippen molar-refractivity contribution in [3.05, 3.63) is 117 Å². The van der Waals surface area contributed by atoms with E-state index in [-0.39, 0.29) is 29.6 Å². The molecule has 216 valence electrons. The maximum Gasteiger partial charge on any atom is 1.00 e. The predicted octanol–water partition coefficient (Wildman–Crippen LogP) is 2.29. The van der Waals surface area contributed by atoms with E-state index in [1.54, 1.807) is 0 Å². The molecule has 0 fully saturated rings. The Morgan fingerprint density at radius 2 is 0.381 bits per heavy atom. The normalized spacial score (nSPS) is 11.6. The number of benzene rings is 4. The Kier molecular flexibility index (Phi) is 9.11. The van der Waals surface area contributed by atoms with Gasteiger partial charge < -0.3 is 0 Å². The fourth-order valence-corrected chi connectivity index (χ4v) is 4.75. The van der Waals surface area contributed by atoms with Crippen LogP contribution in [0.1, 0.15) is 0 Å². The summed E-state index contributed by atoms with van der Waals surface area (Å²) in [5, 5.41) is 0. The van der Waals surface area contributed by atoms with Crippen LogP contribution in [0.3, 0.4) is 0 Å². The van der Waals surface area contributed by atoms with Crippen molar-refractivity contribution in [2.45, 2.75) is 0 Å². The number of rotatable bonds is 4. The van der Waals surface area contributed by atoms with Gasteiger partial charge >= 0.3 is 29.6 Å². The third-order valence-electron chi connectivity index (χ3n) is 6.32. The maximum atomic E-state index is 15.3. The Bertz CT molecular complexity index is 1410. The Morgan fingerprint density at radius 3 is 0.500 bits per heavy atom. The Morgan fingerprint density at radius 1 is 0.262 bits per heavy atom. The van der Waals surface area contributed by atoms with Gasteiger partial charge in [0, 0.05) is 24.3 Å². The van der Waals surface area contributed by atoms with E-state index in [4.69, 9.17) is 0 Å². The van der Waals surface area contributed by atoms with Crippen LogP contribution in [0, 0.1) is 93.1 Å². The zero-order chi connectivity index (χ0) is 30.9. The molecule has 0 bridgehead atoms. The van der Waals surface area contributed by atoms with Gasteiger partial charge in [-0.2, -0.15) is 0 Å². The van der Waals surface area contributed by atoms with Gasteiger partial charge in [-0.3, -0.25) is 0 Å². The van der Waals surface area contributed by atoms with Crippen molar-refractivity contribution < 1.29 is 99.8 Å². The second kappa shape index (κ2) is 11.5. The Hall–Kier alpha value is -3.18. The molecule has 0 spiro atoms. The molecule has 4 rings (SSSR count). The first-order valence-corrected chi connectivity index (χ1v) is 10.5. The van der Waals surface area contributed by atoms with Gasteiger partial charge in [-0.25, -0.2) is 70.2 Å². The molecule has 0 unspecified atom stereocenters. The van der Waals surface area contributed by atoms with E-state index in [0.717, 1.165) is 0 Å². The summed E-state index contributed by atoms with van der Waals surface area (Å²) in [6.45, 7) is 0. The van der Waals surface area contributed by atoms with Gasteiger partial charge in [0.25, 0.3) is 0 Å². The summed E-state index contributed by atoms with van der Waals surface area (Å²) in [6.07, 6.45) is -6.49. The molecule has 0 nitrogen and oxygen atoms in total. The molecule has 4 aromatic carbocycles. The molecule has 0 aliphatic rings. The van der Waals surface area contributed by atoms with Crippen LogP contribution in [-0.4, -0.2) is 6.15 Å². The fraction of sp³-hybridized carbons (Fsp3) is 0. The first-order valence-electron chi connectivity index (χ1n) is 10.5. The topological polar surface area (TPSA) is 0 Å². The van der Waals surface area contributed by atoms with E-state index >= 15 is 35.1 Å². The second-order valence-electron chi connectivity index (χ2n) is 8.39. The zero-order valence-corrected chi connectivity index (χ0v) is 21.9.